The number of nitrogens with zero attached hydrogens (tertiary/aromatic N) is 8. The molecular weight excluding hydrogens is 1440 g/mol. The number of carbonyl (C=O) groups excluding carboxylic acids is 6. The van der Waals surface area contributed by atoms with Crippen molar-refractivity contribution >= 4 is 126 Å². The van der Waals surface area contributed by atoms with Crippen molar-refractivity contribution in [2.45, 2.75) is 105 Å². The van der Waals surface area contributed by atoms with E-state index in [2.05, 4.69) is 46.4 Å². The highest BCUT2D eigenvalue weighted by Gasteiger charge is 2.31. The normalized spacial score (nSPS) is 14.0. The molecule has 0 bridgehead atoms. The average molecular weight is 1530 g/mol. The van der Waals surface area contributed by atoms with Crippen LogP contribution in [-0.4, -0.2) is 173 Å². The van der Waals surface area contributed by atoms with Gasteiger partial charge in [-0.1, -0.05) is 34.0 Å². The summed E-state index contributed by atoms with van der Waals surface area (Å²) in [5.41, 5.74) is 14.9. The number of nitrogens with one attached hydrogen (secondary N) is 5. The first-order valence-electron chi connectivity index (χ1n) is 34.3. The minimum atomic E-state index is -0.967. The van der Waals surface area contributed by atoms with Crippen molar-refractivity contribution in [3.05, 3.63) is 143 Å². The average Bonchev–Trinajstić information content (AvgIpc) is 1.80. The summed E-state index contributed by atoms with van der Waals surface area (Å²) in [5.74, 6) is 0.503. The number of thiazole rings is 3. The number of nitrogens with two attached hydrogens (primary N) is 2. The number of ether oxygens (including phenoxy) is 4. The molecule has 9 aromatic rings. The summed E-state index contributed by atoms with van der Waals surface area (Å²) in [6.07, 6.45) is 7.45. The topological polar surface area (TPSA) is 383 Å². The van der Waals surface area contributed by atoms with Crippen LogP contribution in [0.5, 0.6) is 0 Å². The predicted octanol–water partition coefficient (Wildman–Crippen LogP) is 14.5. The van der Waals surface area contributed by atoms with Gasteiger partial charge < -0.3 is 89.2 Å². The van der Waals surface area contributed by atoms with E-state index in [4.69, 9.17) is 48.8 Å². The van der Waals surface area contributed by atoms with Crippen molar-refractivity contribution in [2.75, 3.05) is 126 Å². The molecule has 0 spiro atoms. The molecular formula is C74H91N15O15S3. The van der Waals surface area contributed by atoms with Gasteiger partial charge in [0.05, 0.1) is 71.5 Å². The number of nitrogen functional groups attached to an aromatic ring is 2. The number of hydrogen-bond donors (Lipinski definition) is 8. The zero-order valence-electron chi connectivity index (χ0n) is 61.7. The molecule has 6 amide bonds. The second-order valence-corrected chi connectivity index (χ2v) is 31.5. The van der Waals surface area contributed by atoms with Gasteiger partial charge in [-0.2, -0.15) is 0 Å². The molecule has 12 rings (SSSR count). The fraction of sp³-hybridized carbons (Fsp3) is 0.378. The number of hydrogen-bond acceptors (Lipinski definition) is 26. The second kappa shape index (κ2) is 35.3. The summed E-state index contributed by atoms with van der Waals surface area (Å²) in [5, 5.41) is 25.5. The summed E-state index contributed by atoms with van der Waals surface area (Å²) in [7, 11) is 0. The van der Waals surface area contributed by atoms with Gasteiger partial charge in [-0.15, -0.1) is 0 Å². The first kappa shape index (κ1) is 79.9. The zero-order valence-corrected chi connectivity index (χ0v) is 64.2. The number of anilines is 9. The number of carbonyl (C=O) groups is 7. The Kier molecular flexibility index (Phi) is 26.4. The Hall–Kier alpha value is -11.2. The van der Waals surface area contributed by atoms with Gasteiger partial charge in [0.1, 0.15) is 54.3 Å². The molecule has 30 nitrogen and oxygen atoms in total. The molecule has 107 heavy (non-hydrogen) atoms. The Balaban J connectivity index is 0.000000172. The molecule has 0 radical (unpaired) electrons. The van der Waals surface area contributed by atoms with Gasteiger partial charge in [0.2, 0.25) is 0 Å². The molecule has 570 valence electrons. The smallest absolute Gasteiger partial charge is 0.412 e. The van der Waals surface area contributed by atoms with Crippen LogP contribution in [0.25, 0.3) is 34.0 Å². The zero-order chi connectivity index (χ0) is 77.4. The third kappa shape index (κ3) is 24.2. The number of furan rings is 3. The van der Waals surface area contributed by atoms with Gasteiger partial charge in [-0.25, -0.2) is 38.9 Å². The number of piperazine rings is 3. The Morgan fingerprint density at radius 2 is 0.794 bits per heavy atom. The van der Waals surface area contributed by atoms with Crippen molar-refractivity contribution in [2.24, 2.45) is 0 Å². The standard InChI is InChI=1S/C28H35N5O6S.C18H19N5O2S.C15H18N2O3.C13H19N3O4S/c1-27(2,3)38-25(35)31-19-10-9-18(21-8-7-15-37-21)16-20(19)30-23(34)22-17-29-24(40-22)32-11-13-33(14-12-32)26(36)39-28(4,5)6;19-13-4-3-12(15-2-1-9-25-15)10-14(13)22-17(24)16-11-21-18(26-16)23-7-5-20-6-8-23;1-15(2,3)20-14(18)17-12-7-6-10(9-11(12)16)13-5-4-8-19-13;1-13(2,3)20-12(19)16-6-4-15(5-7-16)11-14-8-9(21-11)10(17)18/h7-10,15-17H,11-14H2,1-6H3,(H,30,34)(H,31,35);1-4,9-11,20H,5-8,19H2,(H,22,24);4-9H,16H2,1-3H3,(H,17,18);8H,4-7H2,1-3H3,(H,17,18). The van der Waals surface area contributed by atoms with E-state index in [1.165, 1.54) is 35.1 Å². The Morgan fingerprint density at radius 3 is 1.19 bits per heavy atom. The lowest BCUT2D eigenvalue weighted by atomic mass is 10.1. The molecule has 10 N–H and O–H groups in total. The number of aromatic carboxylic acids is 1. The minimum Gasteiger partial charge on any atom is -0.477 e. The molecule has 0 unspecified atom stereocenters. The maximum absolute atomic E-state index is 13.3. The molecule has 6 aromatic heterocycles. The fourth-order valence-electron chi connectivity index (χ4n) is 10.3. The lowest BCUT2D eigenvalue weighted by molar-refractivity contribution is 0.0230. The number of benzene rings is 3. The van der Waals surface area contributed by atoms with Crippen molar-refractivity contribution in [3.8, 4) is 34.0 Å². The highest BCUT2D eigenvalue weighted by atomic mass is 32.1. The van der Waals surface area contributed by atoms with Crippen molar-refractivity contribution in [1.82, 2.24) is 30.1 Å². The summed E-state index contributed by atoms with van der Waals surface area (Å²) in [4.78, 5) is 109. The summed E-state index contributed by atoms with van der Waals surface area (Å²) >= 11 is 3.79. The Bertz CT molecular complexity index is 4470. The molecule has 3 aliphatic rings. The number of rotatable bonds is 13. The predicted molar refractivity (Wildman–Crippen MR) is 415 cm³/mol. The van der Waals surface area contributed by atoms with Crippen LogP contribution in [-0.2, 0) is 18.9 Å². The van der Waals surface area contributed by atoms with Crippen LogP contribution in [0.1, 0.15) is 112 Å². The van der Waals surface area contributed by atoms with Gasteiger partial charge in [0.25, 0.3) is 11.8 Å². The van der Waals surface area contributed by atoms with Gasteiger partial charge in [-0.3, -0.25) is 20.2 Å². The summed E-state index contributed by atoms with van der Waals surface area (Å²) in [6, 6.07) is 26.8. The first-order chi connectivity index (χ1) is 50.6. The number of amides is 6. The summed E-state index contributed by atoms with van der Waals surface area (Å²) < 4.78 is 37.5. The highest BCUT2D eigenvalue weighted by molar-refractivity contribution is 7.18. The van der Waals surface area contributed by atoms with Gasteiger partial charge in [0.15, 0.2) is 15.4 Å². The highest BCUT2D eigenvalue weighted by Crippen LogP contribution is 2.35. The Morgan fingerprint density at radius 1 is 0.430 bits per heavy atom. The van der Waals surface area contributed by atoms with Crippen LogP contribution in [0.4, 0.5) is 68.7 Å². The maximum atomic E-state index is 13.3. The maximum Gasteiger partial charge on any atom is 0.412 e. The third-order valence-electron chi connectivity index (χ3n) is 15.2. The van der Waals surface area contributed by atoms with E-state index in [0.29, 0.717) is 112 Å². The number of carboxylic acids is 1. The van der Waals surface area contributed by atoms with E-state index in [0.717, 1.165) is 70.9 Å². The third-order valence-corrected chi connectivity index (χ3v) is 18.4. The Labute approximate surface area is 631 Å². The molecule has 3 aliphatic heterocycles. The number of carboxylic acid groups (broad SMARTS) is 1. The molecule has 0 aliphatic carbocycles. The lowest BCUT2D eigenvalue weighted by Crippen LogP contribution is -2.50. The van der Waals surface area contributed by atoms with Crippen LogP contribution in [0, 0.1) is 0 Å². The van der Waals surface area contributed by atoms with Crippen LogP contribution in [0.2, 0.25) is 0 Å². The fourth-order valence-corrected chi connectivity index (χ4v) is 12.8. The quantitative estimate of drug-likeness (QED) is 0.0392. The van der Waals surface area contributed by atoms with E-state index in [-0.39, 0.29) is 28.9 Å². The molecule has 3 fully saturated rings. The van der Waals surface area contributed by atoms with E-state index in [1.54, 1.807) is 131 Å². The van der Waals surface area contributed by atoms with Crippen LogP contribution < -0.4 is 52.8 Å². The molecule has 33 heteroatoms. The van der Waals surface area contributed by atoms with Crippen molar-refractivity contribution < 1.29 is 70.9 Å². The number of aromatic nitrogens is 3. The van der Waals surface area contributed by atoms with Crippen molar-refractivity contribution in [1.29, 1.82) is 0 Å². The van der Waals surface area contributed by atoms with E-state index in [9.17, 15) is 33.6 Å². The lowest BCUT2D eigenvalue weighted by Gasteiger charge is -2.35. The van der Waals surface area contributed by atoms with Crippen molar-refractivity contribution in [3.63, 3.8) is 0 Å². The van der Waals surface area contributed by atoms with Gasteiger partial charge in [0, 0.05) is 95.2 Å². The summed E-state index contributed by atoms with van der Waals surface area (Å²) in [6.45, 7) is 29.8. The molecule has 0 atom stereocenters. The van der Waals surface area contributed by atoms with Crippen LogP contribution in [0.15, 0.2) is 142 Å². The molecule has 3 aromatic carbocycles. The van der Waals surface area contributed by atoms with E-state index >= 15 is 0 Å². The van der Waals surface area contributed by atoms with Gasteiger partial charge in [-0.05, 0) is 174 Å². The SMILES string of the molecule is CC(C)(C)OC(=O)N1CCN(c2ncc(C(=O)O)s2)CC1.CC(C)(C)OC(=O)Nc1ccc(-c2ccco2)cc1N.CC(C)(C)OC(=O)Nc1ccc(-c2ccco2)cc1NC(=O)c1cnc(N2CCN(C(=O)OC(C)(C)C)CC2)s1.Nc1ccc(-c2ccco2)cc1NC(=O)c1cnc(N2CCNCC2)s1. The molecule has 0 saturated carbocycles. The second-order valence-electron chi connectivity index (χ2n) is 28.4. The van der Waals surface area contributed by atoms with E-state index < -0.39 is 40.6 Å². The van der Waals surface area contributed by atoms with Crippen LogP contribution in [0.3, 0.4) is 0 Å². The largest absolute Gasteiger partial charge is 0.477 e. The van der Waals surface area contributed by atoms with E-state index in [1.807, 2.05) is 87.7 Å². The van der Waals surface area contributed by atoms with Crippen LogP contribution >= 0.6 is 34.0 Å². The monoisotopic (exact) mass is 1530 g/mol. The van der Waals surface area contributed by atoms with Gasteiger partial charge >= 0.3 is 30.3 Å². The molecule has 3 saturated heterocycles. The molecule has 9 heterocycles. The minimum absolute atomic E-state index is 0.216. The first-order valence-corrected chi connectivity index (χ1v) is 36.7.